The number of hydrogen-bond donors (Lipinski definition) is 2. The van der Waals surface area contributed by atoms with Crippen LogP contribution in [0, 0.1) is 0 Å². The molecule has 0 bridgehead atoms. The van der Waals surface area contributed by atoms with Crippen LogP contribution in [0.25, 0.3) is 0 Å². The van der Waals surface area contributed by atoms with Gasteiger partial charge in [-0.25, -0.2) is 0 Å². The second-order valence-corrected chi connectivity index (χ2v) is 4.09. The highest BCUT2D eigenvalue weighted by atomic mass is 16.5. The van der Waals surface area contributed by atoms with Crippen molar-refractivity contribution in [2.75, 3.05) is 0 Å². The van der Waals surface area contributed by atoms with E-state index in [4.69, 9.17) is 4.74 Å². The molecule has 2 rings (SSSR count). The summed E-state index contributed by atoms with van der Waals surface area (Å²) >= 11 is 0. The van der Waals surface area contributed by atoms with Gasteiger partial charge in [-0.15, -0.1) is 0 Å². The van der Waals surface area contributed by atoms with E-state index in [-0.39, 0.29) is 17.2 Å². The van der Waals surface area contributed by atoms with Crippen molar-refractivity contribution in [2.45, 2.75) is 19.8 Å². The molecule has 0 aromatic heterocycles. The second kappa shape index (κ2) is 5.45. The van der Waals surface area contributed by atoms with E-state index < -0.39 is 0 Å². The monoisotopic (exact) mass is 244 g/mol. The van der Waals surface area contributed by atoms with Gasteiger partial charge in [-0.05, 0) is 30.2 Å². The van der Waals surface area contributed by atoms with Crippen LogP contribution in [0.15, 0.2) is 42.5 Å². The van der Waals surface area contributed by atoms with Gasteiger partial charge in [0.25, 0.3) is 0 Å². The smallest absolute Gasteiger partial charge is 0.210 e. The van der Waals surface area contributed by atoms with E-state index in [0.29, 0.717) is 5.75 Å². The van der Waals surface area contributed by atoms with E-state index in [1.54, 1.807) is 6.07 Å². The Morgan fingerprint density at radius 1 is 0.944 bits per heavy atom. The normalized spacial score (nSPS) is 10.3. The second-order valence-electron chi connectivity index (χ2n) is 4.09. The molecule has 3 nitrogen and oxygen atoms in total. The Morgan fingerprint density at radius 3 is 2.28 bits per heavy atom. The van der Waals surface area contributed by atoms with Crippen molar-refractivity contribution < 1.29 is 14.9 Å². The fraction of sp³-hybridized carbons (Fsp3) is 0.200. The van der Waals surface area contributed by atoms with Crippen LogP contribution in [0.1, 0.15) is 18.9 Å². The molecule has 94 valence electrons. The standard InChI is InChI=1S/C15H16O3/c1-2-6-11-7-3-4-10-14(11)18-15-12(16)8-5-9-13(15)17/h3-5,7-10,16-17H,2,6H2,1H3. The molecule has 0 amide bonds. The lowest BCUT2D eigenvalue weighted by Gasteiger charge is -2.12. The molecule has 2 aromatic rings. The van der Waals surface area contributed by atoms with Gasteiger partial charge in [-0.3, -0.25) is 0 Å². The lowest BCUT2D eigenvalue weighted by atomic mass is 10.1. The largest absolute Gasteiger partial charge is 0.504 e. The van der Waals surface area contributed by atoms with Crippen molar-refractivity contribution in [1.82, 2.24) is 0 Å². The van der Waals surface area contributed by atoms with Crippen LogP contribution in [0.3, 0.4) is 0 Å². The van der Waals surface area contributed by atoms with Gasteiger partial charge in [0.1, 0.15) is 5.75 Å². The zero-order valence-electron chi connectivity index (χ0n) is 10.3. The Morgan fingerprint density at radius 2 is 1.61 bits per heavy atom. The number of phenols is 2. The topological polar surface area (TPSA) is 49.7 Å². The Hall–Kier alpha value is -2.16. The van der Waals surface area contributed by atoms with E-state index >= 15 is 0 Å². The van der Waals surface area contributed by atoms with Crippen LogP contribution in [0.5, 0.6) is 23.0 Å². The summed E-state index contributed by atoms with van der Waals surface area (Å²) in [4.78, 5) is 0. The maximum atomic E-state index is 9.69. The summed E-state index contributed by atoms with van der Waals surface area (Å²) < 4.78 is 5.62. The highest BCUT2D eigenvalue weighted by molar-refractivity contribution is 5.52. The average molecular weight is 244 g/mol. The first-order valence-corrected chi connectivity index (χ1v) is 5.99. The van der Waals surface area contributed by atoms with Crippen LogP contribution in [0.4, 0.5) is 0 Å². The van der Waals surface area contributed by atoms with Gasteiger partial charge in [0.2, 0.25) is 5.75 Å². The molecule has 0 saturated heterocycles. The first-order chi connectivity index (χ1) is 8.72. The van der Waals surface area contributed by atoms with Gasteiger partial charge in [-0.1, -0.05) is 37.6 Å². The number of aromatic hydroxyl groups is 2. The minimum absolute atomic E-state index is 0.0682. The summed E-state index contributed by atoms with van der Waals surface area (Å²) in [7, 11) is 0. The highest BCUT2D eigenvalue weighted by Crippen LogP contribution is 2.39. The predicted octanol–water partition coefficient (Wildman–Crippen LogP) is 3.84. The van der Waals surface area contributed by atoms with Gasteiger partial charge in [-0.2, -0.15) is 0 Å². The van der Waals surface area contributed by atoms with Crippen molar-refractivity contribution >= 4 is 0 Å². The van der Waals surface area contributed by atoms with E-state index in [1.165, 1.54) is 12.1 Å². The van der Waals surface area contributed by atoms with Gasteiger partial charge >= 0.3 is 0 Å². The van der Waals surface area contributed by atoms with E-state index in [1.807, 2.05) is 24.3 Å². The van der Waals surface area contributed by atoms with Crippen LogP contribution < -0.4 is 4.74 Å². The SMILES string of the molecule is CCCc1ccccc1Oc1c(O)cccc1O. The summed E-state index contributed by atoms with van der Waals surface area (Å²) in [6.45, 7) is 2.09. The van der Waals surface area contributed by atoms with Crippen LogP contribution in [-0.2, 0) is 6.42 Å². The Bertz CT molecular complexity index is 515. The molecule has 0 fully saturated rings. The molecule has 0 radical (unpaired) electrons. The zero-order chi connectivity index (χ0) is 13.0. The molecule has 0 atom stereocenters. The van der Waals surface area contributed by atoms with Crippen molar-refractivity contribution in [3.63, 3.8) is 0 Å². The van der Waals surface area contributed by atoms with Crippen molar-refractivity contribution in [2.24, 2.45) is 0 Å². The predicted molar refractivity (Wildman–Crippen MR) is 70.3 cm³/mol. The maximum absolute atomic E-state index is 9.69. The fourth-order valence-electron chi connectivity index (χ4n) is 1.81. The van der Waals surface area contributed by atoms with Crippen molar-refractivity contribution in [3.05, 3.63) is 48.0 Å². The summed E-state index contributed by atoms with van der Waals surface area (Å²) in [5, 5.41) is 19.4. The number of rotatable bonds is 4. The summed E-state index contributed by atoms with van der Waals surface area (Å²) in [5.41, 5.74) is 1.06. The average Bonchev–Trinajstić information content (AvgIpc) is 2.36. The third-order valence-electron chi connectivity index (χ3n) is 2.68. The van der Waals surface area contributed by atoms with Crippen molar-refractivity contribution in [1.29, 1.82) is 0 Å². The number of hydrogen-bond acceptors (Lipinski definition) is 3. The molecule has 0 aliphatic rings. The number of para-hydroxylation sites is 2. The third kappa shape index (κ3) is 2.56. The first kappa shape index (κ1) is 12.3. The van der Waals surface area contributed by atoms with Gasteiger partial charge < -0.3 is 14.9 Å². The fourth-order valence-corrected chi connectivity index (χ4v) is 1.81. The lowest BCUT2D eigenvalue weighted by molar-refractivity contribution is 0.374. The molecule has 18 heavy (non-hydrogen) atoms. The molecule has 2 aromatic carbocycles. The molecule has 2 N–H and O–H groups in total. The summed E-state index contributed by atoms with van der Waals surface area (Å²) in [6.07, 6.45) is 1.90. The molecule has 0 heterocycles. The van der Waals surface area contributed by atoms with Crippen LogP contribution in [0.2, 0.25) is 0 Å². The zero-order valence-corrected chi connectivity index (χ0v) is 10.3. The number of aryl methyl sites for hydroxylation is 1. The Kier molecular flexibility index (Phi) is 3.72. The summed E-state index contributed by atoms with van der Waals surface area (Å²) in [6, 6.07) is 12.2. The highest BCUT2D eigenvalue weighted by Gasteiger charge is 2.11. The molecular formula is C15H16O3. The molecule has 0 aliphatic heterocycles. The van der Waals surface area contributed by atoms with Gasteiger partial charge in [0.15, 0.2) is 11.5 Å². The third-order valence-corrected chi connectivity index (χ3v) is 2.68. The van der Waals surface area contributed by atoms with Crippen LogP contribution in [-0.4, -0.2) is 10.2 Å². The molecule has 3 heteroatoms. The minimum Gasteiger partial charge on any atom is -0.504 e. The van der Waals surface area contributed by atoms with Gasteiger partial charge in [0.05, 0.1) is 0 Å². The van der Waals surface area contributed by atoms with E-state index in [2.05, 4.69) is 6.92 Å². The Balaban J connectivity index is 2.34. The number of ether oxygens (including phenoxy) is 1. The van der Waals surface area contributed by atoms with E-state index in [0.717, 1.165) is 18.4 Å². The Labute approximate surface area is 106 Å². The quantitative estimate of drug-likeness (QED) is 0.859. The molecule has 0 spiro atoms. The lowest BCUT2D eigenvalue weighted by Crippen LogP contribution is -1.92. The number of phenolic OH excluding ortho intramolecular Hbond substituents is 2. The van der Waals surface area contributed by atoms with Gasteiger partial charge in [0, 0.05) is 0 Å². The van der Waals surface area contributed by atoms with Crippen LogP contribution >= 0.6 is 0 Å². The van der Waals surface area contributed by atoms with Crippen molar-refractivity contribution in [3.8, 4) is 23.0 Å². The minimum atomic E-state index is -0.0682. The molecular weight excluding hydrogens is 228 g/mol. The summed E-state index contributed by atoms with van der Waals surface area (Å²) in [5.74, 6) is 0.625. The molecule has 0 aliphatic carbocycles. The maximum Gasteiger partial charge on any atom is 0.210 e. The molecule has 0 saturated carbocycles. The van der Waals surface area contributed by atoms with E-state index in [9.17, 15) is 10.2 Å². The molecule has 0 unspecified atom stereocenters. The first-order valence-electron chi connectivity index (χ1n) is 5.99. The number of benzene rings is 2.